The second-order valence-electron chi connectivity index (χ2n) is 4.82. The normalized spacial score (nSPS) is 13.2. The van der Waals surface area contributed by atoms with E-state index in [1.54, 1.807) is 0 Å². The van der Waals surface area contributed by atoms with Gasteiger partial charge in [-0.15, -0.1) is 0 Å². The molecule has 0 heterocycles. The van der Waals surface area contributed by atoms with Crippen LogP contribution in [0.2, 0.25) is 0 Å². The topological polar surface area (TPSA) is 27.6 Å². The smallest absolute Gasteiger partial charge is 0.193 e. The van der Waals surface area contributed by atoms with Crippen molar-refractivity contribution in [2.24, 2.45) is 4.99 Å². The van der Waals surface area contributed by atoms with Crippen molar-refractivity contribution in [1.82, 2.24) is 10.2 Å². The predicted molar refractivity (Wildman–Crippen MR) is 87.0 cm³/mol. The van der Waals surface area contributed by atoms with Gasteiger partial charge in [-0.05, 0) is 18.7 Å². The van der Waals surface area contributed by atoms with Crippen LogP contribution in [0.3, 0.4) is 0 Å². The molecule has 0 radical (unpaired) electrons. The molecule has 0 aliphatic carbocycles. The average Bonchev–Trinajstić information content (AvgIpc) is 2.41. The fraction of sp³-hybridized carbons (Fsp3) is 0.533. The van der Waals surface area contributed by atoms with Crippen molar-refractivity contribution in [2.45, 2.75) is 25.6 Å². The molecule has 0 aromatic heterocycles. The van der Waals surface area contributed by atoms with Crippen LogP contribution in [0.4, 0.5) is 0 Å². The molecular weight excluding hydrogens is 254 g/mol. The Hall–Kier alpha value is -1.16. The first-order valence-electron chi connectivity index (χ1n) is 6.57. The van der Waals surface area contributed by atoms with Crippen LogP contribution < -0.4 is 5.32 Å². The monoisotopic (exact) mass is 279 g/mol. The number of rotatable bonds is 5. The fourth-order valence-corrected chi connectivity index (χ4v) is 2.00. The van der Waals surface area contributed by atoms with E-state index in [-0.39, 0.29) is 0 Å². The Morgan fingerprint density at radius 2 is 2.00 bits per heavy atom. The summed E-state index contributed by atoms with van der Waals surface area (Å²) >= 11 is 1.86. The molecule has 1 unspecified atom stereocenters. The molecule has 0 aliphatic heterocycles. The molecule has 4 heteroatoms. The molecule has 106 valence electrons. The minimum Gasteiger partial charge on any atom is -0.355 e. The van der Waals surface area contributed by atoms with Gasteiger partial charge < -0.3 is 10.2 Å². The van der Waals surface area contributed by atoms with Gasteiger partial charge in [0.2, 0.25) is 0 Å². The van der Waals surface area contributed by atoms with E-state index in [1.165, 1.54) is 11.1 Å². The summed E-state index contributed by atoms with van der Waals surface area (Å²) in [5, 5.41) is 3.99. The summed E-state index contributed by atoms with van der Waals surface area (Å²) in [5.41, 5.74) is 2.59. The molecule has 1 N–H and O–H groups in total. The van der Waals surface area contributed by atoms with Crippen LogP contribution >= 0.6 is 11.8 Å². The molecule has 0 saturated carbocycles. The van der Waals surface area contributed by atoms with Gasteiger partial charge in [-0.25, -0.2) is 0 Å². The second kappa shape index (κ2) is 8.10. The van der Waals surface area contributed by atoms with E-state index in [0.717, 1.165) is 19.0 Å². The highest BCUT2D eigenvalue weighted by molar-refractivity contribution is 7.99. The third kappa shape index (κ3) is 5.55. The van der Waals surface area contributed by atoms with Crippen molar-refractivity contribution in [3.05, 3.63) is 35.4 Å². The van der Waals surface area contributed by atoms with Gasteiger partial charge in [0.25, 0.3) is 0 Å². The lowest BCUT2D eigenvalue weighted by Crippen LogP contribution is -2.40. The van der Waals surface area contributed by atoms with Gasteiger partial charge in [-0.1, -0.05) is 36.8 Å². The first kappa shape index (κ1) is 15.9. The minimum atomic E-state index is 0.588. The summed E-state index contributed by atoms with van der Waals surface area (Å²) in [6, 6.07) is 8.64. The second-order valence-corrected chi connectivity index (χ2v) is 6.09. The van der Waals surface area contributed by atoms with Crippen LogP contribution in [-0.4, -0.2) is 43.0 Å². The van der Waals surface area contributed by atoms with E-state index in [9.17, 15) is 0 Å². The number of aryl methyl sites for hydroxylation is 1. The van der Waals surface area contributed by atoms with Crippen LogP contribution in [0.1, 0.15) is 18.1 Å². The maximum atomic E-state index is 4.33. The number of thioether (sulfide) groups is 1. The number of nitrogens with one attached hydrogen (secondary N) is 1. The quantitative estimate of drug-likeness (QED) is 0.663. The largest absolute Gasteiger partial charge is 0.355 e. The zero-order valence-electron chi connectivity index (χ0n) is 12.6. The highest BCUT2D eigenvalue weighted by Gasteiger charge is 2.07. The van der Waals surface area contributed by atoms with Crippen molar-refractivity contribution in [1.29, 1.82) is 0 Å². The van der Waals surface area contributed by atoms with Crippen LogP contribution in [-0.2, 0) is 6.54 Å². The summed E-state index contributed by atoms with van der Waals surface area (Å²) in [7, 11) is 3.90. The van der Waals surface area contributed by atoms with E-state index < -0.39 is 0 Å². The summed E-state index contributed by atoms with van der Waals surface area (Å²) in [6.45, 7) is 6.13. The van der Waals surface area contributed by atoms with E-state index in [0.29, 0.717) is 5.25 Å². The molecular formula is C15H25N3S. The molecule has 0 aliphatic rings. The Bertz CT molecular complexity index is 400. The van der Waals surface area contributed by atoms with Crippen LogP contribution in [0.15, 0.2) is 29.3 Å². The molecule has 0 bridgehead atoms. The minimum absolute atomic E-state index is 0.588. The van der Waals surface area contributed by atoms with Crippen molar-refractivity contribution in [3.8, 4) is 0 Å². The van der Waals surface area contributed by atoms with Gasteiger partial charge in [0.1, 0.15) is 0 Å². The van der Waals surface area contributed by atoms with Crippen molar-refractivity contribution < 1.29 is 0 Å². The summed E-state index contributed by atoms with van der Waals surface area (Å²) in [6.07, 6.45) is 2.13. The molecule has 3 nitrogen and oxygen atoms in total. The van der Waals surface area contributed by atoms with E-state index in [2.05, 4.69) is 66.6 Å². The molecule has 0 spiro atoms. The third-order valence-corrected chi connectivity index (χ3v) is 4.04. The van der Waals surface area contributed by atoms with Gasteiger partial charge >= 0.3 is 0 Å². The SMILES string of the molecule is CN=C(NCC(C)SC)N(C)Cc1ccc(C)cc1. The zero-order chi connectivity index (χ0) is 14.3. The Labute approximate surface area is 121 Å². The third-order valence-electron chi connectivity index (χ3n) is 3.06. The summed E-state index contributed by atoms with van der Waals surface area (Å²) in [5.74, 6) is 0.946. The van der Waals surface area contributed by atoms with Gasteiger partial charge in [0.05, 0.1) is 0 Å². The Morgan fingerprint density at radius 1 is 1.37 bits per heavy atom. The Morgan fingerprint density at radius 3 is 2.53 bits per heavy atom. The standard InChI is InChI=1S/C15H25N3S/c1-12-6-8-14(9-7-12)11-18(4)15(16-3)17-10-13(2)19-5/h6-9,13H,10-11H2,1-5H3,(H,16,17). The number of hydrogen-bond acceptors (Lipinski definition) is 2. The zero-order valence-corrected chi connectivity index (χ0v) is 13.4. The molecule has 0 amide bonds. The highest BCUT2D eigenvalue weighted by atomic mass is 32.2. The highest BCUT2D eigenvalue weighted by Crippen LogP contribution is 2.07. The van der Waals surface area contributed by atoms with Crippen LogP contribution in [0, 0.1) is 6.92 Å². The molecule has 1 atom stereocenters. The average molecular weight is 279 g/mol. The summed E-state index contributed by atoms with van der Waals surface area (Å²) in [4.78, 5) is 6.48. The summed E-state index contributed by atoms with van der Waals surface area (Å²) < 4.78 is 0. The lowest BCUT2D eigenvalue weighted by atomic mass is 10.1. The predicted octanol–water partition coefficient (Wildman–Crippen LogP) is 2.75. The van der Waals surface area contributed by atoms with Crippen molar-refractivity contribution in [2.75, 3.05) is 26.9 Å². The maximum Gasteiger partial charge on any atom is 0.193 e. The van der Waals surface area contributed by atoms with E-state index in [4.69, 9.17) is 0 Å². The lowest BCUT2D eigenvalue weighted by molar-refractivity contribution is 0.477. The maximum absolute atomic E-state index is 4.33. The first-order chi connectivity index (χ1) is 9.06. The first-order valence-corrected chi connectivity index (χ1v) is 7.85. The molecule has 1 aromatic rings. The number of hydrogen-bond donors (Lipinski definition) is 1. The number of nitrogens with zero attached hydrogens (tertiary/aromatic N) is 2. The molecule has 1 aromatic carbocycles. The van der Waals surface area contributed by atoms with E-state index >= 15 is 0 Å². The Balaban J connectivity index is 2.54. The molecule has 0 saturated heterocycles. The van der Waals surface area contributed by atoms with Crippen LogP contribution in [0.5, 0.6) is 0 Å². The number of aliphatic imine (C=N–C) groups is 1. The van der Waals surface area contributed by atoms with Gasteiger partial charge in [-0.3, -0.25) is 4.99 Å². The van der Waals surface area contributed by atoms with E-state index in [1.807, 2.05) is 18.8 Å². The number of guanidine groups is 1. The van der Waals surface area contributed by atoms with Crippen molar-refractivity contribution >= 4 is 17.7 Å². The molecule has 1 rings (SSSR count). The van der Waals surface area contributed by atoms with Gasteiger partial charge in [0, 0.05) is 32.4 Å². The Kier molecular flexibility index (Phi) is 6.78. The van der Waals surface area contributed by atoms with Gasteiger partial charge in [0.15, 0.2) is 5.96 Å². The van der Waals surface area contributed by atoms with Crippen molar-refractivity contribution in [3.63, 3.8) is 0 Å². The lowest BCUT2D eigenvalue weighted by Gasteiger charge is -2.23. The van der Waals surface area contributed by atoms with Gasteiger partial charge in [-0.2, -0.15) is 11.8 Å². The molecule has 19 heavy (non-hydrogen) atoms. The van der Waals surface area contributed by atoms with Crippen LogP contribution in [0.25, 0.3) is 0 Å². The fourth-order valence-electron chi connectivity index (χ4n) is 1.75. The number of benzene rings is 1. The molecule has 0 fully saturated rings.